The van der Waals surface area contributed by atoms with Crippen LogP contribution in [0.25, 0.3) is 0 Å². The molecule has 0 bridgehead atoms. The molecule has 0 saturated carbocycles. The van der Waals surface area contributed by atoms with Crippen LogP contribution >= 0.6 is 0 Å². The highest BCUT2D eigenvalue weighted by Gasteiger charge is 2.18. The van der Waals surface area contributed by atoms with E-state index < -0.39 is 10.5 Å². The fraction of sp³-hybridized carbons (Fsp3) is 0.250. The summed E-state index contributed by atoms with van der Waals surface area (Å²) in [7, 11) is -2.51. The molecule has 15 heavy (non-hydrogen) atoms. The van der Waals surface area contributed by atoms with E-state index in [2.05, 4.69) is 4.18 Å². The minimum Gasteiger partial charge on any atom is -0.493 e. The van der Waals surface area contributed by atoms with Crippen LogP contribution < -0.4 is 13.7 Å². The van der Waals surface area contributed by atoms with Crippen LogP contribution in [-0.4, -0.2) is 22.6 Å². The average Bonchev–Trinajstić information content (AvgIpc) is 2.16. The van der Waals surface area contributed by atoms with Crippen molar-refractivity contribution in [2.24, 2.45) is 0 Å². The van der Waals surface area contributed by atoms with E-state index in [4.69, 9.17) is 9.47 Å². The third kappa shape index (κ3) is 2.98. The summed E-state index contributed by atoms with van der Waals surface area (Å²) in [6.45, 7) is 0. The lowest BCUT2D eigenvalue weighted by Crippen LogP contribution is -2.04. The van der Waals surface area contributed by atoms with Crippen molar-refractivity contribution in [1.29, 1.82) is 0 Å². The summed E-state index contributed by atoms with van der Waals surface area (Å²) in [6, 6.07) is 4.39. The number of para-hydroxylation sites is 1. The number of hydrogen-bond acceptors (Lipinski definition) is 5. The van der Waals surface area contributed by atoms with Crippen molar-refractivity contribution in [2.45, 2.75) is 0 Å². The molecule has 0 heterocycles. The second-order valence-electron chi connectivity index (χ2n) is 2.47. The molecule has 0 fully saturated rings. The third-order valence-corrected chi connectivity index (χ3v) is 1.93. The van der Waals surface area contributed by atoms with E-state index >= 15 is 0 Å². The van der Waals surface area contributed by atoms with E-state index in [0.717, 1.165) is 0 Å². The molecular weight excluding hydrogens is 227 g/mol. The molecule has 1 aromatic carbocycles. The van der Waals surface area contributed by atoms with Crippen molar-refractivity contribution >= 4 is 10.5 Å². The number of halogens is 1. The summed E-state index contributed by atoms with van der Waals surface area (Å²) in [5.74, 6) is -0.184. The first kappa shape index (κ1) is 11.6. The number of methoxy groups -OCH3 is 2. The van der Waals surface area contributed by atoms with Gasteiger partial charge in [-0.05, 0) is 12.1 Å². The maximum absolute atomic E-state index is 12.3. The van der Waals surface area contributed by atoms with E-state index in [0.29, 0.717) is 0 Å². The molecule has 1 rings (SSSR count). The Hall–Kier alpha value is -1.50. The highest BCUT2D eigenvalue weighted by Crippen LogP contribution is 2.37. The Labute approximate surface area is 86.8 Å². The van der Waals surface area contributed by atoms with Crippen molar-refractivity contribution in [3.8, 4) is 17.2 Å². The monoisotopic (exact) mass is 236 g/mol. The summed E-state index contributed by atoms with van der Waals surface area (Å²) < 4.78 is 46.7. The maximum Gasteiger partial charge on any atom is 0.488 e. The van der Waals surface area contributed by atoms with Gasteiger partial charge in [-0.1, -0.05) is 9.95 Å². The molecule has 7 heteroatoms. The Bertz CT molecular complexity index is 420. The Kier molecular flexibility index (Phi) is 3.35. The highest BCUT2D eigenvalue weighted by atomic mass is 32.3. The van der Waals surface area contributed by atoms with Crippen molar-refractivity contribution < 1.29 is 26.0 Å². The van der Waals surface area contributed by atoms with E-state index in [1.54, 1.807) is 6.07 Å². The summed E-state index contributed by atoms with van der Waals surface area (Å²) in [6.07, 6.45) is 0. The molecule has 0 amide bonds. The lowest BCUT2D eigenvalue weighted by Gasteiger charge is -2.10. The number of benzene rings is 1. The smallest absolute Gasteiger partial charge is 0.488 e. The van der Waals surface area contributed by atoms with Crippen molar-refractivity contribution in [1.82, 2.24) is 0 Å². The van der Waals surface area contributed by atoms with Gasteiger partial charge < -0.3 is 13.7 Å². The zero-order valence-corrected chi connectivity index (χ0v) is 8.88. The Balaban J connectivity index is 3.22. The van der Waals surface area contributed by atoms with E-state index in [1.807, 2.05) is 0 Å². The van der Waals surface area contributed by atoms with Gasteiger partial charge in [0.25, 0.3) is 0 Å². The average molecular weight is 236 g/mol. The standard InChI is InChI=1S/C8H9FO5S/c1-12-6-4-3-5-7(13-2)8(6)14-15(9,10)11/h3-5H,1-2H3. The number of ether oxygens (including phenoxy) is 2. The lowest BCUT2D eigenvalue weighted by atomic mass is 10.3. The predicted octanol–water partition coefficient (Wildman–Crippen LogP) is 1.30. The highest BCUT2D eigenvalue weighted by molar-refractivity contribution is 7.81. The molecule has 5 nitrogen and oxygen atoms in total. The Morgan fingerprint density at radius 3 is 1.93 bits per heavy atom. The quantitative estimate of drug-likeness (QED) is 0.737. The number of rotatable bonds is 4. The molecule has 0 aliphatic rings. The van der Waals surface area contributed by atoms with Gasteiger partial charge in [0.2, 0.25) is 5.75 Å². The third-order valence-electron chi connectivity index (χ3n) is 1.57. The number of hydrogen-bond donors (Lipinski definition) is 0. The summed E-state index contributed by atoms with van der Waals surface area (Å²) in [4.78, 5) is 0. The first-order valence-electron chi connectivity index (χ1n) is 3.83. The Morgan fingerprint density at radius 1 is 1.13 bits per heavy atom. The van der Waals surface area contributed by atoms with Crippen molar-refractivity contribution in [3.63, 3.8) is 0 Å². The van der Waals surface area contributed by atoms with Gasteiger partial charge in [-0.3, -0.25) is 0 Å². The van der Waals surface area contributed by atoms with Crippen LogP contribution in [0.1, 0.15) is 0 Å². The molecule has 0 aliphatic carbocycles. The van der Waals surface area contributed by atoms with Gasteiger partial charge in [-0.2, -0.15) is 8.42 Å². The first-order valence-corrected chi connectivity index (χ1v) is 5.14. The molecule has 0 unspecified atom stereocenters. The molecular formula is C8H9FO5S. The largest absolute Gasteiger partial charge is 0.493 e. The molecule has 0 aromatic heterocycles. The van der Waals surface area contributed by atoms with Gasteiger partial charge in [0.1, 0.15) is 0 Å². The predicted molar refractivity (Wildman–Crippen MR) is 50.2 cm³/mol. The van der Waals surface area contributed by atoms with Crippen LogP contribution in [0.5, 0.6) is 17.2 Å². The van der Waals surface area contributed by atoms with Gasteiger partial charge in [0.05, 0.1) is 14.2 Å². The van der Waals surface area contributed by atoms with Crippen LogP contribution in [-0.2, 0) is 10.5 Å². The second kappa shape index (κ2) is 4.35. The molecule has 0 saturated heterocycles. The van der Waals surface area contributed by atoms with Gasteiger partial charge >= 0.3 is 10.5 Å². The Morgan fingerprint density at radius 2 is 1.60 bits per heavy atom. The van der Waals surface area contributed by atoms with Crippen LogP contribution in [0.4, 0.5) is 3.89 Å². The van der Waals surface area contributed by atoms with Crippen LogP contribution in [0, 0.1) is 0 Å². The lowest BCUT2D eigenvalue weighted by molar-refractivity contribution is 0.352. The molecule has 0 atom stereocenters. The van der Waals surface area contributed by atoms with E-state index in [1.165, 1.54) is 26.4 Å². The molecule has 1 aromatic rings. The summed E-state index contributed by atoms with van der Waals surface area (Å²) in [5.41, 5.74) is 0. The minimum atomic E-state index is -5.10. The summed E-state index contributed by atoms with van der Waals surface area (Å²) >= 11 is 0. The fourth-order valence-electron chi connectivity index (χ4n) is 0.999. The summed E-state index contributed by atoms with van der Waals surface area (Å²) in [5, 5.41) is 0. The minimum absolute atomic E-state index is 0.0653. The van der Waals surface area contributed by atoms with Crippen molar-refractivity contribution in [3.05, 3.63) is 18.2 Å². The van der Waals surface area contributed by atoms with Crippen molar-refractivity contribution in [2.75, 3.05) is 14.2 Å². The fourth-order valence-corrected chi connectivity index (χ4v) is 1.36. The van der Waals surface area contributed by atoms with Gasteiger partial charge in [0, 0.05) is 0 Å². The second-order valence-corrected chi connectivity index (χ2v) is 3.42. The topological polar surface area (TPSA) is 61.8 Å². The molecule has 0 N–H and O–H groups in total. The zero-order chi connectivity index (χ0) is 11.5. The molecule has 0 aliphatic heterocycles. The maximum atomic E-state index is 12.3. The van der Waals surface area contributed by atoms with Crippen LogP contribution in [0.3, 0.4) is 0 Å². The van der Waals surface area contributed by atoms with E-state index in [-0.39, 0.29) is 17.2 Å². The SMILES string of the molecule is COc1cccc(OC)c1OS(=O)(=O)F. The zero-order valence-electron chi connectivity index (χ0n) is 8.06. The molecule has 0 radical (unpaired) electrons. The van der Waals surface area contributed by atoms with Crippen LogP contribution in [0.15, 0.2) is 18.2 Å². The van der Waals surface area contributed by atoms with E-state index in [9.17, 15) is 12.3 Å². The van der Waals surface area contributed by atoms with Gasteiger partial charge in [0.15, 0.2) is 11.5 Å². The normalized spacial score (nSPS) is 10.9. The first-order chi connectivity index (χ1) is 6.98. The molecule has 0 spiro atoms. The van der Waals surface area contributed by atoms with Gasteiger partial charge in [-0.15, -0.1) is 0 Å². The molecule has 84 valence electrons. The van der Waals surface area contributed by atoms with Gasteiger partial charge in [-0.25, -0.2) is 0 Å². The van der Waals surface area contributed by atoms with Crippen LogP contribution in [0.2, 0.25) is 0 Å².